The Morgan fingerprint density at radius 2 is 2.24 bits per heavy atom. The molecule has 0 saturated carbocycles. The zero-order valence-corrected chi connectivity index (χ0v) is 11.2. The molecule has 0 spiro atoms. The van der Waals surface area contributed by atoms with Crippen molar-refractivity contribution in [2.75, 3.05) is 19.7 Å². The number of rotatable bonds is 2. The summed E-state index contributed by atoms with van der Waals surface area (Å²) in [7, 11) is 0. The van der Waals surface area contributed by atoms with Gasteiger partial charge in [0, 0.05) is 11.9 Å². The number of amides is 1. The first kappa shape index (κ1) is 13.4. The van der Waals surface area contributed by atoms with Gasteiger partial charge < -0.3 is 25.0 Å². The SMILES string of the molecule is NC(=NO)C1CN(C(=O)c2coc3ccccc23)CCO1. The zero-order valence-electron chi connectivity index (χ0n) is 11.2. The van der Waals surface area contributed by atoms with Gasteiger partial charge in [-0.3, -0.25) is 4.79 Å². The van der Waals surface area contributed by atoms with Gasteiger partial charge in [0.05, 0.1) is 18.7 Å². The van der Waals surface area contributed by atoms with E-state index in [1.807, 2.05) is 24.3 Å². The summed E-state index contributed by atoms with van der Waals surface area (Å²) in [6.07, 6.45) is 0.867. The second-order valence-electron chi connectivity index (χ2n) is 4.78. The molecule has 3 rings (SSSR count). The van der Waals surface area contributed by atoms with Crippen LogP contribution in [0.3, 0.4) is 0 Å². The van der Waals surface area contributed by atoms with Crippen LogP contribution in [0, 0.1) is 0 Å². The minimum absolute atomic E-state index is 0.0375. The number of hydrogen-bond acceptors (Lipinski definition) is 5. The number of carbonyl (C=O) groups excluding carboxylic acids is 1. The average molecular weight is 289 g/mol. The van der Waals surface area contributed by atoms with Gasteiger partial charge >= 0.3 is 0 Å². The van der Waals surface area contributed by atoms with Crippen LogP contribution in [0.5, 0.6) is 0 Å². The van der Waals surface area contributed by atoms with Crippen LogP contribution in [-0.2, 0) is 4.74 Å². The van der Waals surface area contributed by atoms with Crippen LogP contribution in [0.1, 0.15) is 10.4 Å². The quantitative estimate of drug-likeness (QED) is 0.372. The minimum atomic E-state index is -0.592. The number of oxime groups is 1. The maximum Gasteiger partial charge on any atom is 0.257 e. The zero-order chi connectivity index (χ0) is 14.8. The predicted molar refractivity (Wildman–Crippen MR) is 75.3 cm³/mol. The molecule has 1 aliphatic rings. The highest BCUT2D eigenvalue weighted by Gasteiger charge is 2.29. The molecule has 0 aliphatic carbocycles. The first-order valence-electron chi connectivity index (χ1n) is 6.55. The van der Waals surface area contributed by atoms with Crippen molar-refractivity contribution in [1.82, 2.24) is 4.90 Å². The van der Waals surface area contributed by atoms with Crippen molar-refractivity contribution in [3.8, 4) is 0 Å². The minimum Gasteiger partial charge on any atom is -0.463 e. The molecule has 1 amide bonds. The van der Waals surface area contributed by atoms with Gasteiger partial charge in [-0.25, -0.2) is 0 Å². The van der Waals surface area contributed by atoms with Gasteiger partial charge in [-0.05, 0) is 6.07 Å². The fourth-order valence-electron chi connectivity index (χ4n) is 2.39. The van der Waals surface area contributed by atoms with Crippen LogP contribution in [0.25, 0.3) is 11.0 Å². The number of furan rings is 1. The van der Waals surface area contributed by atoms with Crippen LogP contribution in [0.15, 0.2) is 40.1 Å². The lowest BCUT2D eigenvalue weighted by atomic mass is 10.1. The van der Waals surface area contributed by atoms with Gasteiger partial charge in [-0.2, -0.15) is 0 Å². The average Bonchev–Trinajstić information content (AvgIpc) is 2.97. The maximum absolute atomic E-state index is 12.6. The Morgan fingerprint density at radius 1 is 1.43 bits per heavy atom. The van der Waals surface area contributed by atoms with Gasteiger partial charge in [0.1, 0.15) is 18.0 Å². The topological polar surface area (TPSA) is 101 Å². The number of hydrogen-bond donors (Lipinski definition) is 2. The molecule has 2 heterocycles. The van der Waals surface area contributed by atoms with E-state index in [0.717, 1.165) is 5.39 Å². The van der Waals surface area contributed by atoms with Crippen molar-refractivity contribution in [1.29, 1.82) is 0 Å². The molecule has 21 heavy (non-hydrogen) atoms. The summed E-state index contributed by atoms with van der Waals surface area (Å²) in [6.45, 7) is 1.03. The molecule has 7 nitrogen and oxygen atoms in total. The first-order chi connectivity index (χ1) is 10.2. The van der Waals surface area contributed by atoms with E-state index in [2.05, 4.69) is 5.16 Å². The molecule has 0 radical (unpaired) electrons. The van der Waals surface area contributed by atoms with E-state index in [1.165, 1.54) is 6.26 Å². The lowest BCUT2D eigenvalue weighted by molar-refractivity contribution is 0.00680. The molecular formula is C14H15N3O4. The van der Waals surface area contributed by atoms with E-state index in [1.54, 1.807) is 4.90 Å². The van der Waals surface area contributed by atoms with Gasteiger partial charge in [-0.15, -0.1) is 0 Å². The summed E-state index contributed by atoms with van der Waals surface area (Å²) >= 11 is 0. The number of fused-ring (bicyclic) bond motifs is 1. The van der Waals surface area contributed by atoms with E-state index >= 15 is 0 Å². The molecule has 2 aromatic rings. The fraction of sp³-hybridized carbons (Fsp3) is 0.286. The van der Waals surface area contributed by atoms with Crippen LogP contribution in [-0.4, -0.2) is 47.7 Å². The van der Waals surface area contributed by atoms with Crippen molar-refractivity contribution < 1.29 is 19.2 Å². The summed E-state index contributed by atoms with van der Waals surface area (Å²) in [5, 5.41) is 12.4. The van der Waals surface area contributed by atoms with E-state index in [9.17, 15) is 4.79 Å². The molecule has 1 unspecified atom stereocenters. The number of amidine groups is 1. The lowest BCUT2D eigenvalue weighted by Gasteiger charge is -2.32. The highest BCUT2D eigenvalue weighted by atomic mass is 16.5. The second kappa shape index (κ2) is 5.45. The summed E-state index contributed by atoms with van der Waals surface area (Å²) < 4.78 is 10.8. The number of ether oxygens (including phenoxy) is 1. The number of para-hydroxylation sites is 1. The van der Waals surface area contributed by atoms with Gasteiger partial charge in [0.25, 0.3) is 5.91 Å². The molecule has 1 atom stereocenters. The van der Waals surface area contributed by atoms with Crippen molar-refractivity contribution in [2.24, 2.45) is 10.9 Å². The van der Waals surface area contributed by atoms with Crippen LogP contribution >= 0.6 is 0 Å². The van der Waals surface area contributed by atoms with Gasteiger partial charge in [-0.1, -0.05) is 23.4 Å². The van der Waals surface area contributed by atoms with E-state index in [0.29, 0.717) is 24.3 Å². The molecule has 3 N–H and O–H groups in total. The van der Waals surface area contributed by atoms with Gasteiger partial charge in [0.15, 0.2) is 5.84 Å². The summed E-state index contributed by atoms with van der Waals surface area (Å²) in [5.41, 5.74) is 6.71. The highest BCUT2D eigenvalue weighted by molar-refractivity contribution is 6.06. The molecule has 1 fully saturated rings. The monoisotopic (exact) mass is 289 g/mol. The number of nitrogens with two attached hydrogens (primary N) is 1. The molecule has 1 saturated heterocycles. The standard InChI is InChI=1S/C14H15N3O4/c15-13(16-19)12-7-17(5-6-20-12)14(18)10-8-21-11-4-2-1-3-9(10)11/h1-4,8,12,19H,5-7H2,(H2,15,16). The normalized spacial score (nSPS) is 19.9. The lowest BCUT2D eigenvalue weighted by Crippen LogP contribution is -2.50. The third kappa shape index (κ3) is 2.43. The Bertz CT molecular complexity index is 694. The number of benzene rings is 1. The Kier molecular flexibility index (Phi) is 3.49. The Balaban J connectivity index is 1.85. The van der Waals surface area contributed by atoms with E-state index < -0.39 is 6.10 Å². The highest BCUT2D eigenvalue weighted by Crippen LogP contribution is 2.22. The van der Waals surface area contributed by atoms with Crippen LogP contribution in [0.4, 0.5) is 0 Å². The Hall–Kier alpha value is -2.54. The van der Waals surface area contributed by atoms with Crippen molar-refractivity contribution in [3.63, 3.8) is 0 Å². The fourth-order valence-corrected chi connectivity index (χ4v) is 2.39. The smallest absolute Gasteiger partial charge is 0.257 e. The summed E-state index contributed by atoms with van der Waals surface area (Å²) in [6, 6.07) is 7.36. The summed E-state index contributed by atoms with van der Waals surface area (Å²) in [4.78, 5) is 14.2. The predicted octanol–water partition coefficient (Wildman–Crippen LogP) is 1.02. The number of morpholine rings is 1. The molecule has 1 aromatic heterocycles. The molecular weight excluding hydrogens is 274 g/mol. The Labute approximate surface area is 120 Å². The molecule has 7 heteroatoms. The second-order valence-corrected chi connectivity index (χ2v) is 4.78. The largest absolute Gasteiger partial charge is 0.463 e. The molecule has 0 bridgehead atoms. The number of nitrogens with zero attached hydrogens (tertiary/aromatic N) is 2. The van der Waals surface area contributed by atoms with Crippen molar-refractivity contribution in [2.45, 2.75) is 6.10 Å². The third-order valence-corrected chi connectivity index (χ3v) is 3.51. The molecule has 1 aliphatic heterocycles. The first-order valence-corrected chi connectivity index (χ1v) is 6.55. The Morgan fingerprint density at radius 3 is 3.05 bits per heavy atom. The van der Waals surface area contributed by atoms with E-state index in [-0.39, 0.29) is 18.3 Å². The summed E-state index contributed by atoms with van der Waals surface area (Å²) in [5.74, 6) is -0.191. The van der Waals surface area contributed by atoms with Crippen molar-refractivity contribution >= 4 is 22.7 Å². The molecule has 1 aromatic carbocycles. The van der Waals surface area contributed by atoms with E-state index in [4.69, 9.17) is 20.1 Å². The third-order valence-electron chi connectivity index (χ3n) is 3.51. The number of carbonyl (C=O) groups is 1. The van der Waals surface area contributed by atoms with Gasteiger partial charge in [0.2, 0.25) is 0 Å². The van der Waals surface area contributed by atoms with Crippen LogP contribution in [0.2, 0.25) is 0 Å². The molecule has 110 valence electrons. The van der Waals surface area contributed by atoms with Crippen LogP contribution < -0.4 is 5.73 Å². The maximum atomic E-state index is 12.6. The van der Waals surface area contributed by atoms with Crippen molar-refractivity contribution in [3.05, 3.63) is 36.1 Å².